The zero-order valence-corrected chi connectivity index (χ0v) is 14.6. The Morgan fingerprint density at radius 1 is 1.24 bits per heavy atom. The fraction of sp³-hybridized carbons (Fsp3) is 0.316. The van der Waals surface area contributed by atoms with Crippen LogP contribution in [0.1, 0.15) is 29.2 Å². The van der Waals surface area contributed by atoms with E-state index in [1.165, 1.54) is 41.1 Å². The predicted octanol–water partition coefficient (Wildman–Crippen LogP) is 1.24. The average molecular weight is 339 g/mol. The van der Waals surface area contributed by atoms with Crippen LogP contribution in [-0.2, 0) is 25.3 Å². The fourth-order valence-electron chi connectivity index (χ4n) is 3.32. The Labute approximate surface area is 145 Å². The molecule has 1 aromatic heterocycles. The van der Waals surface area contributed by atoms with E-state index in [1.54, 1.807) is 19.0 Å². The summed E-state index contributed by atoms with van der Waals surface area (Å²) in [5, 5.41) is 0. The van der Waals surface area contributed by atoms with E-state index in [9.17, 15) is 14.4 Å². The minimum Gasteiger partial charge on any atom is -0.335 e. The lowest BCUT2D eigenvalue weighted by molar-refractivity contribution is -0.126. The van der Waals surface area contributed by atoms with Crippen LogP contribution in [0.25, 0.3) is 6.08 Å². The molecule has 0 saturated heterocycles. The number of aryl methyl sites for hydroxylation is 2. The minimum absolute atomic E-state index is 0.0521. The molecule has 0 spiro atoms. The second kappa shape index (κ2) is 6.55. The molecule has 25 heavy (non-hydrogen) atoms. The summed E-state index contributed by atoms with van der Waals surface area (Å²) in [5.74, 6) is -0.169. The molecule has 0 fully saturated rings. The van der Waals surface area contributed by atoms with Crippen molar-refractivity contribution in [3.63, 3.8) is 0 Å². The molecule has 1 aliphatic rings. The van der Waals surface area contributed by atoms with Crippen molar-refractivity contribution >= 4 is 12.0 Å². The third-order valence-electron chi connectivity index (χ3n) is 4.79. The number of benzene rings is 1. The van der Waals surface area contributed by atoms with Crippen molar-refractivity contribution in [2.75, 3.05) is 7.05 Å². The van der Waals surface area contributed by atoms with Gasteiger partial charge in [0.05, 0.1) is 11.6 Å². The summed E-state index contributed by atoms with van der Waals surface area (Å²) >= 11 is 0. The number of carbonyl (C=O) groups excluding carboxylic acids is 1. The highest BCUT2D eigenvalue weighted by Gasteiger charge is 2.27. The van der Waals surface area contributed by atoms with Crippen molar-refractivity contribution in [3.05, 3.63) is 74.1 Å². The molecule has 1 atom stereocenters. The van der Waals surface area contributed by atoms with Gasteiger partial charge >= 0.3 is 5.69 Å². The van der Waals surface area contributed by atoms with E-state index >= 15 is 0 Å². The summed E-state index contributed by atoms with van der Waals surface area (Å²) in [5.41, 5.74) is 1.96. The zero-order valence-electron chi connectivity index (χ0n) is 14.6. The Hall–Kier alpha value is -2.89. The molecule has 6 nitrogen and oxygen atoms in total. The summed E-state index contributed by atoms with van der Waals surface area (Å²) in [7, 11) is 4.77. The van der Waals surface area contributed by atoms with Crippen molar-refractivity contribution in [3.8, 4) is 0 Å². The number of amides is 1. The lowest BCUT2D eigenvalue weighted by atomic mass is 10.1. The molecule has 0 radical (unpaired) electrons. The van der Waals surface area contributed by atoms with Crippen molar-refractivity contribution in [2.24, 2.45) is 14.1 Å². The summed E-state index contributed by atoms with van der Waals surface area (Å²) in [4.78, 5) is 38.0. The first kappa shape index (κ1) is 17.0. The Kier molecular flexibility index (Phi) is 4.44. The lowest BCUT2D eigenvalue weighted by Gasteiger charge is -2.24. The molecule has 0 aliphatic heterocycles. The molecule has 1 heterocycles. The molecule has 1 unspecified atom stereocenters. The van der Waals surface area contributed by atoms with Gasteiger partial charge in [-0.1, -0.05) is 24.3 Å². The maximum atomic E-state index is 12.5. The van der Waals surface area contributed by atoms with Crippen LogP contribution < -0.4 is 11.2 Å². The maximum absolute atomic E-state index is 12.5. The van der Waals surface area contributed by atoms with E-state index in [0.717, 1.165) is 17.4 Å². The van der Waals surface area contributed by atoms with Crippen LogP contribution in [0.3, 0.4) is 0 Å². The summed E-state index contributed by atoms with van der Waals surface area (Å²) < 4.78 is 2.35. The highest BCUT2D eigenvalue weighted by molar-refractivity contribution is 5.91. The first-order valence-corrected chi connectivity index (χ1v) is 8.19. The van der Waals surface area contributed by atoms with Crippen LogP contribution in [0.2, 0.25) is 0 Å². The lowest BCUT2D eigenvalue weighted by Crippen LogP contribution is -2.37. The molecule has 2 aromatic rings. The molecular weight excluding hydrogens is 318 g/mol. The normalized spacial score (nSPS) is 16.2. The van der Waals surface area contributed by atoms with Crippen LogP contribution in [0.15, 0.2) is 46.1 Å². The largest absolute Gasteiger partial charge is 0.335 e. The van der Waals surface area contributed by atoms with Gasteiger partial charge in [-0.2, -0.15) is 0 Å². The first-order valence-electron chi connectivity index (χ1n) is 8.19. The molecule has 1 aromatic carbocycles. The molecule has 3 rings (SSSR count). The van der Waals surface area contributed by atoms with Gasteiger partial charge in [-0.15, -0.1) is 0 Å². The summed E-state index contributed by atoms with van der Waals surface area (Å²) in [6, 6.07) is 8.20. The van der Waals surface area contributed by atoms with Gasteiger partial charge in [-0.25, -0.2) is 4.79 Å². The minimum atomic E-state index is -0.416. The third kappa shape index (κ3) is 3.07. The van der Waals surface area contributed by atoms with Crippen LogP contribution >= 0.6 is 0 Å². The molecule has 6 heteroatoms. The number of fused-ring (bicyclic) bond motifs is 1. The van der Waals surface area contributed by atoms with Gasteiger partial charge in [-0.05, 0) is 30.0 Å². The highest BCUT2D eigenvalue weighted by atomic mass is 16.2. The van der Waals surface area contributed by atoms with Crippen LogP contribution in [0, 0.1) is 0 Å². The van der Waals surface area contributed by atoms with Crippen molar-refractivity contribution in [1.29, 1.82) is 0 Å². The van der Waals surface area contributed by atoms with E-state index in [1.807, 2.05) is 12.1 Å². The Morgan fingerprint density at radius 2 is 1.96 bits per heavy atom. The van der Waals surface area contributed by atoms with Gasteiger partial charge in [0, 0.05) is 33.4 Å². The molecule has 0 bridgehead atoms. The van der Waals surface area contributed by atoms with E-state index in [-0.39, 0.29) is 11.9 Å². The molecule has 1 aliphatic carbocycles. The predicted molar refractivity (Wildman–Crippen MR) is 96.2 cm³/mol. The van der Waals surface area contributed by atoms with Gasteiger partial charge < -0.3 is 9.47 Å². The Morgan fingerprint density at radius 3 is 2.72 bits per heavy atom. The van der Waals surface area contributed by atoms with Crippen molar-refractivity contribution in [2.45, 2.75) is 18.9 Å². The zero-order chi connectivity index (χ0) is 18.1. The summed E-state index contributed by atoms with van der Waals surface area (Å²) in [6.45, 7) is 0. The van der Waals surface area contributed by atoms with Crippen LogP contribution in [0.5, 0.6) is 0 Å². The number of rotatable bonds is 3. The van der Waals surface area contributed by atoms with Gasteiger partial charge in [0.15, 0.2) is 0 Å². The fourth-order valence-corrected chi connectivity index (χ4v) is 3.32. The highest BCUT2D eigenvalue weighted by Crippen LogP contribution is 2.34. The molecule has 0 saturated carbocycles. The SMILES string of the molecule is CN(C(=O)/C=C/c1cn(C)c(=O)n(C)c1=O)C1CCc2ccccc21. The number of aromatic nitrogens is 2. The number of hydrogen-bond acceptors (Lipinski definition) is 3. The smallest absolute Gasteiger partial charge is 0.330 e. The quantitative estimate of drug-likeness (QED) is 0.791. The second-order valence-electron chi connectivity index (χ2n) is 6.38. The van der Waals surface area contributed by atoms with E-state index in [2.05, 4.69) is 12.1 Å². The van der Waals surface area contributed by atoms with Gasteiger partial charge in [0.25, 0.3) is 5.56 Å². The Bertz CT molecular complexity index is 969. The second-order valence-corrected chi connectivity index (χ2v) is 6.38. The van der Waals surface area contributed by atoms with Gasteiger partial charge in [0.2, 0.25) is 5.91 Å². The van der Waals surface area contributed by atoms with E-state index in [0.29, 0.717) is 5.56 Å². The van der Waals surface area contributed by atoms with Crippen molar-refractivity contribution < 1.29 is 4.79 Å². The van der Waals surface area contributed by atoms with Crippen LogP contribution in [0.4, 0.5) is 0 Å². The number of hydrogen-bond donors (Lipinski definition) is 0. The molecule has 130 valence electrons. The monoisotopic (exact) mass is 339 g/mol. The third-order valence-corrected chi connectivity index (χ3v) is 4.79. The van der Waals surface area contributed by atoms with Gasteiger partial charge in [0.1, 0.15) is 0 Å². The standard InChI is InChI=1S/C19H21N3O3/c1-20-12-14(18(24)22(3)19(20)25)9-11-17(23)21(2)16-10-8-13-6-4-5-7-15(13)16/h4-7,9,11-12,16H,8,10H2,1-3H3/b11-9+. The van der Waals surface area contributed by atoms with E-state index in [4.69, 9.17) is 0 Å². The molecule has 0 N–H and O–H groups in total. The van der Waals surface area contributed by atoms with Crippen molar-refractivity contribution in [1.82, 2.24) is 14.0 Å². The number of likely N-dealkylation sites (N-methyl/N-ethyl adjacent to an activating group) is 1. The Balaban J connectivity index is 1.83. The maximum Gasteiger partial charge on any atom is 0.330 e. The van der Waals surface area contributed by atoms with Gasteiger partial charge in [-0.3, -0.25) is 14.2 Å². The molecular formula is C19H21N3O3. The average Bonchev–Trinajstić information content (AvgIpc) is 3.05. The number of nitrogens with zero attached hydrogens (tertiary/aromatic N) is 3. The van der Waals surface area contributed by atoms with E-state index < -0.39 is 11.2 Å². The number of carbonyl (C=O) groups is 1. The topological polar surface area (TPSA) is 64.3 Å². The summed E-state index contributed by atoms with van der Waals surface area (Å²) in [6.07, 6.45) is 6.17. The molecule has 1 amide bonds. The van der Waals surface area contributed by atoms with Crippen LogP contribution in [-0.4, -0.2) is 27.0 Å². The first-order chi connectivity index (χ1) is 11.9.